The molecular formula is C14H20N2O4. The van der Waals surface area contributed by atoms with Crippen LogP contribution in [0.1, 0.15) is 25.8 Å². The van der Waals surface area contributed by atoms with E-state index in [0.29, 0.717) is 13.0 Å². The van der Waals surface area contributed by atoms with Gasteiger partial charge >= 0.3 is 5.97 Å². The summed E-state index contributed by atoms with van der Waals surface area (Å²) in [5.74, 6) is -0.785. The Hall–Kier alpha value is -1.95. The van der Waals surface area contributed by atoms with E-state index in [1.165, 1.54) is 12.1 Å². The molecule has 0 heterocycles. The summed E-state index contributed by atoms with van der Waals surface area (Å²) in [6.45, 7) is 4.38. The molecule has 20 heavy (non-hydrogen) atoms. The van der Waals surface area contributed by atoms with Gasteiger partial charge in [-0.05, 0) is 24.4 Å². The molecule has 0 bridgehead atoms. The number of benzene rings is 1. The first-order chi connectivity index (χ1) is 9.45. The summed E-state index contributed by atoms with van der Waals surface area (Å²) in [6, 6.07) is 5.74. The number of nitrogens with zero attached hydrogens (tertiary/aromatic N) is 1. The number of aliphatic carboxylic acids is 1. The molecule has 0 spiro atoms. The Balaban J connectivity index is 2.50. The second-order valence-corrected chi connectivity index (χ2v) is 4.83. The third kappa shape index (κ3) is 4.62. The van der Waals surface area contributed by atoms with Crippen LogP contribution in [0.2, 0.25) is 0 Å². The summed E-state index contributed by atoms with van der Waals surface area (Å²) < 4.78 is 0. The van der Waals surface area contributed by atoms with E-state index >= 15 is 0 Å². The summed E-state index contributed by atoms with van der Waals surface area (Å²) in [6.07, 6.45) is 1.43. The highest BCUT2D eigenvalue weighted by Crippen LogP contribution is 2.12. The third-order valence-electron chi connectivity index (χ3n) is 3.40. The van der Waals surface area contributed by atoms with Crippen molar-refractivity contribution in [3.05, 3.63) is 39.9 Å². The van der Waals surface area contributed by atoms with Crippen LogP contribution in [0.15, 0.2) is 24.3 Å². The Morgan fingerprint density at radius 1 is 1.40 bits per heavy atom. The highest BCUT2D eigenvalue weighted by atomic mass is 16.6. The quantitative estimate of drug-likeness (QED) is 0.562. The predicted molar refractivity (Wildman–Crippen MR) is 75.7 cm³/mol. The summed E-state index contributed by atoms with van der Waals surface area (Å²) in [5, 5.41) is 22.7. The molecule has 0 unspecified atom stereocenters. The number of carboxylic acids is 1. The van der Waals surface area contributed by atoms with Gasteiger partial charge in [0.1, 0.15) is 6.04 Å². The summed E-state index contributed by atoms with van der Waals surface area (Å²) in [5.41, 5.74) is 1.00. The van der Waals surface area contributed by atoms with Gasteiger partial charge < -0.3 is 10.4 Å². The van der Waals surface area contributed by atoms with Crippen LogP contribution in [0, 0.1) is 16.0 Å². The van der Waals surface area contributed by atoms with Crippen molar-refractivity contribution in [3.8, 4) is 0 Å². The molecule has 0 radical (unpaired) electrons. The number of nitrogens with one attached hydrogen (secondary N) is 1. The minimum absolute atomic E-state index is 0.0596. The molecule has 1 rings (SSSR count). The maximum atomic E-state index is 11.1. The van der Waals surface area contributed by atoms with E-state index in [9.17, 15) is 14.9 Å². The average Bonchev–Trinajstić information content (AvgIpc) is 2.43. The predicted octanol–water partition coefficient (Wildman–Crippen LogP) is 2.23. The minimum atomic E-state index is -0.844. The Labute approximate surface area is 118 Å². The van der Waals surface area contributed by atoms with Crippen molar-refractivity contribution in [2.24, 2.45) is 5.92 Å². The van der Waals surface area contributed by atoms with Gasteiger partial charge in [0, 0.05) is 12.1 Å². The van der Waals surface area contributed by atoms with Crippen LogP contribution in [-0.4, -0.2) is 28.6 Å². The second-order valence-electron chi connectivity index (χ2n) is 4.83. The molecule has 6 nitrogen and oxygen atoms in total. The minimum Gasteiger partial charge on any atom is -0.480 e. The number of hydrogen-bond acceptors (Lipinski definition) is 4. The van der Waals surface area contributed by atoms with Crippen molar-refractivity contribution in [1.29, 1.82) is 0 Å². The number of carbonyl (C=O) groups is 1. The lowest BCUT2D eigenvalue weighted by molar-refractivity contribution is -0.384. The molecule has 0 saturated heterocycles. The SMILES string of the molecule is CC[C@H](C)[C@H](NCCc1ccc([N+](=O)[O-])cc1)C(=O)O. The number of non-ortho nitro benzene ring substituents is 1. The summed E-state index contributed by atoms with van der Waals surface area (Å²) >= 11 is 0. The Kier molecular flexibility index (Phi) is 6.11. The zero-order valence-electron chi connectivity index (χ0n) is 11.7. The molecule has 0 fully saturated rings. The van der Waals surface area contributed by atoms with Crippen molar-refractivity contribution in [1.82, 2.24) is 5.32 Å². The van der Waals surface area contributed by atoms with Gasteiger partial charge in [-0.15, -0.1) is 0 Å². The first-order valence-electron chi connectivity index (χ1n) is 6.65. The molecule has 0 amide bonds. The van der Waals surface area contributed by atoms with Gasteiger partial charge in [-0.3, -0.25) is 14.9 Å². The van der Waals surface area contributed by atoms with E-state index in [4.69, 9.17) is 5.11 Å². The molecule has 1 aromatic carbocycles. The maximum absolute atomic E-state index is 11.1. The monoisotopic (exact) mass is 280 g/mol. The number of rotatable bonds is 8. The highest BCUT2D eigenvalue weighted by Gasteiger charge is 2.22. The molecule has 0 aliphatic rings. The number of hydrogen-bond donors (Lipinski definition) is 2. The average molecular weight is 280 g/mol. The molecular weight excluding hydrogens is 260 g/mol. The van der Waals surface area contributed by atoms with Crippen molar-refractivity contribution in [3.63, 3.8) is 0 Å². The van der Waals surface area contributed by atoms with E-state index in [-0.39, 0.29) is 11.6 Å². The topological polar surface area (TPSA) is 92.5 Å². The largest absolute Gasteiger partial charge is 0.480 e. The molecule has 110 valence electrons. The number of carboxylic acid groups (broad SMARTS) is 1. The molecule has 0 aromatic heterocycles. The van der Waals surface area contributed by atoms with Crippen molar-refractivity contribution >= 4 is 11.7 Å². The van der Waals surface area contributed by atoms with Gasteiger partial charge in [0.05, 0.1) is 4.92 Å². The van der Waals surface area contributed by atoms with Crippen molar-refractivity contribution in [2.75, 3.05) is 6.54 Å². The fourth-order valence-electron chi connectivity index (χ4n) is 1.92. The first-order valence-corrected chi connectivity index (χ1v) is 6.65. The molecule has 0 aliphatic carbocycles. The molecule has 1 aromatic rings. The lowest BCUT2D eigenvalue weighted by atomic mass is 9.99. The van der Waals surface area contributed by atoms with E-state index in [0.717, 1.165) is 12.0 Å². The van der Waals surface area contributed by atoms with Gasteiger partial charge in [0.15, 0.2) is 0 Å². The third-order valence-corrected chi connectivity index (χ3v) is 3.40. The van der Waals surface area contributed by atoms with Crippen LogP contribution >= 0.6 is 0 Å². The molecule has 2 N–H and O–H groups in total. The Bertz CT molecular complexity index is 459. The highest BCUT2D eigenvalue weighted by molar-refractivity contribution is 5.73. The zero-order chi connectivity index (χ0) is 15.1. The second kappa shape index (κ2) is 7.59. The van der Waals surface area contributed by atoms with Crippen LogP contribution in [0.5, 0.6) is 0 Å². The number of nitro groups is 1. The van der Waals surface area contributed by atoms with E-state index in [2.05, 4.69) is 5.32 Å². The fraction of sp³-hybridized carbons (Fsp3) is 0.500. The van der Waals surface area contributed by atoms with Crippen molar-refractivity contribution in [2.45, 2.75) is 32.7 Å². The lowest BCUT2D eigenvalue weighted by Crippen LogP contribution is -2.42. The van der Waals surface area contributed by atoms with E-state index < -0.39 is 16.9 Å². The Morgan fingerprint density at radius 2 is 2.00 bits per heavy atom. The first kappa shape index (κ1) is 16.1. The lowest BCUT2D eigenvalue weighted by Gasteiger charge is -2.20. The molecule has 0 saturated carbocycles. The van der Waals surface area contributed by atoms with E-state index in [1.807, 2.05) is 13.8 Å². The van der Waals surface area contributed by atoms with Crippen LogP contribution < -0.4 is 5.32 Å². The van der Waals surface area contributed by atoms with E-state index in [1.54, 1.807) is 12.1 Å². The standard InChI is InChI=1S/C14H20N2O4/c1-3-10(2)13(14(17)18)15-9-8-11-4-6-12(7-5-11)16(19)20/h4-7,10,13,15H,3,8-9H2,1-2H3,(H,17,18)/t10-,13-/m0/s1. The molecule has 2 atom stereocenters. The fourth-order valence-corrected chi connectivity index (χ4v) is 1.92. The smallest absolute Gasteiger partial charge is 0.320 e. The van der Waals surface area contributed by atoms with Gasteiger partial charge in [0.2, 0.25) is 0 Å². The van der Waals surface area contributed by atoms with Gasteiger partial charge in [-0.2, -0.15) is 0 Å². The summed E-state index contributed by atoms with van der Waals surface area (Å²) in [4.78, 5) is 21.2. The Morgan fingerprint density at radius 3 is 2.45 bits per heavy atom. The van der Waals surface area contributed by atoms with Gasteiger partial charge in [0.25, 0.3) is 5.69 Å². The number of nitro benzene ring substituents is 1. The van der Waals surface area contributed by atoms with Crippen LogP contribution in [-0.2, 0) is 11.2 Å². The normalized spacial score (nSPS) is 13.7. The van der Waals surface area contributed by atoms with Gasteiger partial charge in [-0.1, -0.05) is 32.4 Å². The van der Waals surface area contributed by atoms with Gasteiger partial charge in [-0.25, -0.2) is 0 Å². The summed E-state index contributed by atoms with van der Waals surface area (Å²) in [7, 11) is 0. The van der Waals surface area contributed by atoms with Crippen molar-refractivity contribution < 1.29 is 14.8 Å². The zero-order valence-corrected chi connectivity index (χ0v) is 11.7. The maximum Gasteiger partial charge on any atom is 0.320 e. The molecule has 0 aliphatic heterocycles. The van der Waals surface area contributed by atoms with Crippen LogP contribution in [0.25, 0.3) is 0 Å². The van der Waals surface area contributed by atoms with Crippen LogP contribution in [0.4, 0.5) is 5.69 Å². The molecule has 6 heteroatoms. The van der Waals surface area contributed by atoms with Crippen LogP contribution in [0.3, 0.4) is 0 Å².